The molecular formula is C11H18N6O. The Morgan fingerprint density at radius 2 is 2.22 bits per heavy atom. The Kier molecular flexibility index (Phi) is 3.08. The van der Waals surface area contributed by atoms with E-state index in [1.54, 1.807) is 6.07 Å². The van der Waals surface area contributed by atoms with Crippen molar-refractivity contribution in [1.29, 1.82) is 0 Å². The van der Waals surface area contributed by atoms with Crippen LogP contribution >= 0.6 is 0 Å². The number of fused-ring (bicyclic) bond motifs is 1. The van der Waals surface area contributed by atoms with E-state index in [-0.39, 0.29) is 11.2 Å². The van der Waals surface area contributed by atoms with Crippen molar-refractivity contribution >= 4 is 11.5 Å². The molecular weight excluding hydrogens is 232 g/mol. The molecule has 2 aromatic heterocycles. The van der Waals surface area contributed by atoms with Crippen molar-refractivity contribution < 1.29 is 0 Å². The minimum Gasteiger partial charge on any atom is -0.368 e. The molecule has 2 aromatic rings. The predicted octanol–water partition coefficient (Wildman–Crippen LogP) is 0.170. The summed E-state index contributed by atoms with van der Waals surface area (Å²) in [6.45, 7) is 5.02. The molecule has 98 valence electrons. The first kappa shape index (κ1) is 12.6. The Bertz CT molecular complexity index is 597. The van der Waals surface area contributed by atoms with E-state index in [1.807, 2.05) is 14.1 Å². The zero-order valence-electron chi connectivity index (χ0n) is 11.1. The predicted molar refractivity (Wildman–Crippen MR) is 69.9 cm³/mol. The number of likely N-dealkylation sites (N-methyl/N-ethyl adjacent to an activating group) is 1. The van der Waals surface area contributed by atoms with Crippen molar-refractivity contribution in [2.24, 2.45) is 0 Å². The van der Waals surface area contributed by atoms with Gasteiger partial charge in [0.2, 0.25) is 0 Å². The number of anilines is 1. The molecule has 7 heteroatoms. The summed E-state index contributed by atoms with van der Waals surface area (Å²) in [5, 5.41) is 9.51. The van der Waals surface area contributed by atoms with Crippen LogP contribution in [0, 0.1) is 0 Å². The quantitative estimate of drug-likeness (QED) is 0.808. The Balaban J connectivity index is 2.15. The highest BCUT2D eigenvalue weighted by atomic mass is 16.1. The van der Waals surface area contributed by atoms with Gasteiger partial charge in [-0.2, -0.15) is 5.10 Å². The van der Waals surface area contributed by atoms with Crippen LogP contribution in [0.5, 0.6) is 0 Å². The van der Waals surface area contributed by atoms with Crippen molar-refractivity contribution in [3.8, 4) is 0 Å². The highest BCUT2D eigenvalue weighted by Gasteiger charge is 2.20. The van der Waals surface area contributed by atoms with E-state index in [1.165, 1.54) is 10.7 Å². The van der Waals surface area contributed by atoms with Gasteiger partial charge in [-0.15, -0.1) is 0 Å². The SMILES string of the molecule is CN(C)C(C)(C)CNc1cc2n[nH]c(=O)n2cn1. The zero-order chi connectivity index (χ0) is 13.3. The third kappa shape index (κ3) is 2.35. The largest absolute Gasteiger partial charge is 0.368 e. The first-order valence-corrected chi connectivity index (χ1v) is 5.74. The van der Waals surface area contributed by atoms with Gasteiger partial charge < -0.3 is 10.2 Å². The van der Waals surface area contributed by atoms with Gasteiger partial charge in [0, 0.05) is 18.2 Å². The molecule has 0 saturated carbocycles. The second-order valence-electron chi connectivity index (χ2n) is 5.09. The summed E-state index contributed by atoms with van der Waals surface area (Å²) in [4.78, 5) is 17.6. The number of nitrogens with zero attached hydrogens (tertiary/aromatic N) is 4. The fraction of sp³-hybridized carbons (Fsp3) is 0.545. The summed E-state index contributed by atoms with van der Waals surface area (Å²) in [7, 11) is 4.07. The lowest BCUT2D eigenvalue weighted by Crippen LogP contribution is -2.44. The van der Waals surface area contributed by atoms with Crippen molar-refractivity contribution in [1.82, 2.24) is 24.5 Å². The molecule has 0 unspecified atom stereocenters. The highest BCUT2D eigenvalue weighted by molar-refractivity contribution is 5.48. The lowest BCUT2D eigenvalue weighted by Gasteiger charge is -2.32. The topological polar surface area (TPSA) is 78.3 Å². The maximum Gasteiger partial charge on any atom is 0.348 e. The van der Waals surface area contributed by atoms with Crippen LogP contribution in [0.4, 0.5) is 5.82 Å². The number of aromatic amines is 1. The molecule has 0 saturated heterocycles. The van der Waals surface area contributed by atoms with E-state index >= 15 is 0 Å². The Labute approximate surface area is 105 Å². The number of nitrogens with one attached hydrogen (secondary N) is 2. The normalized spacial score (nSPS) is 12.3. The van der Waals surface area contributed by atoms with Gasteiger partial charge in [-0.3, -0.25) is 0 Å². The van der Waals surface area contributed by atoms with Gasteiger partial charge in [-0.1, -0.05) is 0 Å². The van der Waals surface area contributed by atoms with E-state index in [4.69, 9.17) is 0 Å². The molecule has 7 nitrogen and oxygen atoms in total. The molecule has 0 aromatic carbocycles. The Morgan fingerprint density at radius 1 is 1.50 bits per heavy atom. The molecule has 0 radical (unpaired) electrons. The maximum absolute atomic E-state index is 11.3. The van der Waals surface area contributed by atoms with E-state index in [0.29, 0.717) is 11.5 Å². The summed E-state index contributed by atoms with van der Waals surface area (Å²) in [5.74, 6) is 0.705. The maximum atomic E-state index is 11.3. The summed E-state index contributed by atoms with van der Waals surface area (Å²) < 4.78 is 1.36. The van der Waals surface area contributed by atoms with Crippen LogP contribution in [0.1, 0.15) is 13.8 Å². The average Bonchev–Trinajstić information content (AvgIpc) is 2.68. The number of rotatable bonds is 4. The summed E-state index contributed by atoms with van der Waals surface area (Å²) in [6, 6.07) is 1.74. The summed E-state index contributed by atoms with van der Waals surface area (Å²) in [5.41, 5.74) is 0.289. The Morgan fingerprint density at radius 3 is 2.89 bits per heavy atom. The first-order chi connectivity index (χ1) is 8.40. The fourth-order valence-electron chi connectivity index (χ4n) is 1.37. The molecule has 0 amide bonds. The van der Waals surface area contributed by atoms with E-state index in [2.05, 4.69) is 39.2 Å². The summed E-state index contributed by atoms with van der Waals surface area (Å²) >= 11 is 0. The number of hydrogen-bond acceptors (Lipinski definition) is 5. The van der Waals surface area contributed by atoms with Crippen molar-refractivity contribution in [2.75, 3.05) is 26.0 Å². The zero-order valence-corrected chi connectivity index (χ0v) is 11.1. The number of hydrogen-bond donors (Lipinski definition) is 2. The van der Waals surface area contributed by atoms with Gasteiger partial charge in [-0.05, 0) is 27.9 Å². The second kappa shape index (κ2) is 4.41. The molecule has 0 aliphatic rings. The smallest absolute Gasteiger partial charge is 0.348 e. The molecule has 0 atom stereocenters. The van der Waals surface area contributed by atoms with Crippen LogP contribution in [0.2, 0.25) is 0 Å². The van der Waals surface area contributed by atoms with Gasteiger partial charge in [0.25, 0.3) is 0 Å². The van der Waals surface area contributed by atoms with Gasteiger partial charge in [-0.25, -0.2) is 19.3 Å². The summed E-state index contributed by atoms with van der Waals surface area (Å²) in [6.07, 6.45) is 1.46. The van der Waals surface area contributed by atoms with Gasteiger partial charge in [0.1, 0.15) is 12.1 Å². The highest BCUT2D eigenvalue weighted by Crippen LogP contribution is 2.12. The minimum atomic E-state index is -0.280. The van der Waals surface area contributed by atoms with E-state index in [0.717, 1.165) is 6.54 Å². The van der Waals surface area contributed by atoms with Crippen LogP contribution in [0.3, 0.4) is 0 Å². The standard InChI is InChI=1S/C11H18N6O/c1-11(2,16(3)4)6-12-8-5-9-14-15-10(18)17(9)7-13-8/h5,7,12H,6H2,1-4H3,(H,15,18). The fourth-order valence-corrected chi connectivity index (χ4v) is 1.37. The van der Waals surface area contributed by atoms with Crippen molar-refractivity contribution in [3.63, 3.8) is 0 Å². The molecule has 2 rings (SSSR count). The van der Waals surface area contributed by atoms with E-state index < -0.39 is 0 Å². The van der Waals surface area contributed by atoms with Crippen molar-refractivity contribution in [3.05, 3.63) is 22.9 Å². The number of aromatic nitrogens is 4. The van der Waals surface area contributed by atoms with Crippen LogP contribution in [0.25, 0.3) is 5.65 Å². The molecule has 2 N–H and O–H groups in total. The molecule has 0 fully saturated rings. The Hall–Kier alpha value is -1.89. The lowest BCUT2D eigenvalue weighted by atomic mass is 10.0. The van der Waals surface area contributed by atoms with Gasteiger partial charge in [0.05, 0.1) is 0 Å². The monoisotopic (exact) mass is 250 g/mol. The second-order valence-corrected chi connectivity index (χ2v) is 5.09. The van der Waals surface area contributed by atoms with Crippen LogP contribution < -0.4 is 11.0 Å². The molecule has 2 heterocycles. The van der Waals surface area contributed by atoms with Crippen LogP contribution in [-0.2, 0) is 0 Å². The number of H-pyrrole nitrogens is 1. The van der Waals surface area contributed by atoms with Crippen molar-refractivity contribution in [2.45, 2.75) is 19.4 Å². The van der Waals surface area contributed by atoms with Gasteiger partial charge >= 0.3 is 5.69 Å². The average molecular weight is 250 g/mol. The minimum absolute atomic E-state index is 0.0129. The van der Waals surface area contributed by atoms with Crippen LogP contribution in [0.15, 0.2) is 17.2 Å². The molecule has 0 aliphatic carbocycles. The van der Waals surface area contributed by atoms with E-state index in [9.17, 15) is 4.79 Å². The molecule has 0 spiro atoms. The third-order valence-electron chi connectivity index (χ3n) is 3.22. The van der Waals surface area contributed by atoms with Gasteiger partial charge in [0.15, 0.2) is 5.65 Å². The third-order valence-corrected chi connectivity index (χ3v) is 3.22. The first-order valence-electron chi connectivity index (χ1n) is 5.74. The van der Waals surface area contributed by atoms with Crippen LogP contribution in [-0.4, -0.2) is 50.7 Å². The molecule has 0 bridgehead atoms. The molecule has 0 aliphatic heterocycles. The lowest BCUT2D eigenvalue weighted by molar-refractivity contribution is 0.210. The molecule has 18 heavy (non-hydrogen) atoms.